The van der Waals surface area contributed by atoms with Gasteiger partial charge in [-0.2, -0.15) is 0 Å². The molecule has 0 aliphatic rings. The first-order chi connectivity index (χ1) is 4.70. The number of amides is 1. The number of rotatable bonds is 4. The van der Waals surface area contributed by atoms with E-state index < -0.39 is 0 Å². The van der Waals surface area contributed by atoms with Crippen molar-refractivity contribution < 1.29 is 4.79 Å². The van der Waals surface area contributed by atoms with E-state index in [0.29, 0.717) is 6.04 Å². The molecular formula is C8H16NO. The average molecular weight is 142 g/mol. The van der Waals surface area contributed by atoms with Crippen LogP contribution in [0.15, 0.2) is 0 Å². The second kappa shape index (κ2) is 5.27. The third-order valence-electron chi connectivity index (χ3n) is 1.37. The van der Waals surface area contributed by atoms with Gasteiger partial charge in [-0.05, 0) is 13.3 Å². The Labute approximate surface area is 63.0 Å². The van der Waals surface area contributed by atoms with Crippen LogP contribution in [0.1, 0.15) is 33.6 Å². The van der Waals surface area contributed by atoms with Gasteiger partial charge in [-0.15, -0.1) is 0 Å². The van der Waals surface area contributed by atoms with Crippen LogP contribution in [-0.2, 0) is 4.79 Å². The van der Waals surface area contributed by atoms with Crippen LogP contribution in [0, 0.1) is 6.42 Å². The summed E-state index contributed by atoms with van der Waals surface area (Å²) in [6.45, 7) is 5.87. The minimum Gasteiger partial charge on any atom is -0.353 e. The molecule has 0 rings (SSSR count). The predicted octanol–water partition coefficient (Wildman–Crippen LogP) is 1.52. The molecule has 0 aliphatic heterocycles. The van der Waals surface area contributed by atoms with Crippen molar-refractivity contribution in [3.8, 4) is 0 Å². The molecule has 59 valence electrons. The summed E-state index contributed by atoms with van der Waals surface area (Å²) in [5, 5.41) is 2.84. The zero-order valence-corrected chi connectivity index (χ0v) is 6.98. The topological polar surface area (TPSA) is 29.1 Å². The van der Waals surface area contributed by atoms with Gasteiger partial charge in [-0.25, -0.2) is 0 Å². The van der Waals surface area contributed by atoms with Crippen LogP contribution in [0.3, 0.4) is 0 Å². The number of carbonyl (C=O) groups excluding carboxylic acids is 1. The molecule has 1 unspecified atom stereocenters. The van der Waals surface area contributed by atoms with Gasteiger partial charge in [0, 0.05) is 12.5 Å². The van der Waals surface area contributed by atoms with Crippen molar-refractivity contribution in [2.75, 3.05) is 0 Å². The molecule has 0 saturated heterocycles. The van der Waals surface area contributed by atoms with E-state index in [2.05, 4.69) is 12.2 Å². The smallest absolute Gasteiger partial charge is 0.223 e. The summed E-state index contributed by atoms with van der Waals surface area (Å²) in [4.78, 5) is 10.7. The van der Waals surface area contributed by atoms with Crippen molar-refractivity contribution in [2.24, 2.45) is 0 Å². The first-order valence-electron chi connectivity index (χ1n) is 3.80. The maximum atomic E-state index is 10.7. The van der Waals surface area contributed by atoms with Crippen molar-refractivity contribution in [1.29, 1.82) is 0 Å². The Morgan fingerprint density at radius 1 is 1.70 bits per heavy atom. The molecule has 1 atom stereocenters. The van der Waals surface area contributed by atoms with E-state index in [0.717, 1.165) is 12.8 Å². The highest BCUT2D eigenvalue weighted by Crippen LogP contribution is 1.94. The van der Waals surface area contributed by atoms with Crippen molar-refractivity contribution in [2.45, 2.75) is 39.7 Å². The molecule has 0 aliphatic carbocycles. The first kappa shape index (κ1) is 9.47. The third-order valence-corrected chi connectivity index (χ3v) is 1.37. The highest BCUT2D eigenvalue weighted by molar-refractivity contribution is 5.84. The van der Waals surface area contributed by atoms with Crippen LogP contribution in [-0.4, -0.2) is 11.9 Å². The van der Waals surface area contributed by atoms with Crippen LogP contribution in [0.4, 0.5) is 0 Å². The molecular weight excluding hydrogens is 126 g/mol. The Balaban J connectivity index is 3.37. The SMILES string of the molecule is C[CH]C(=O)NC(C)CCC. The quantitative estimate of drug-likeness (QED) is 0.633. The largest absolute Gasteiger partial charge is 0.353 e. The van der Waals surface area contributed by atoms with Crippen molar-refractivity contribution in [3.63, 3.8) is 0 Å². The Kier molecular flexibility index (Phi) is 4.99. The second-order valence-corrected chi connectivity index (χ2v) is 2.49. The standard InChI is InChI=1S/C8H16NO/c1-4-6-7(3)9-8(10)5-2/h5,7H,4,6H2,1-3H3,(H,9,10). The Bertz CT molecular complexity index is 101. The normalized spacial score (nSPS) is 12.7. The third kappa shape index (κ3) is 4.36. The summed E-state index contributed by atoms with van der Waals surface area (Å²) in [5.41, 5.74) is 0. The van der Waals surface area contributed by atoms with Gasteiger partial charge >= 0.3 is 0 Å². The molecule has 1 amide bonds. The fraction of sp³-hybridized carbons (Fsp3) is 0.750. The van der Waals surface area contributed by atoms with E-state index in [1.54, 1.807) is 13.3 Å². The first-order valence-corrected chi connectivity index (χ1v) is 3.80. The molecule has 10 heavy (non-hydrogen) atoms. The molecule has 1 N–H and O–H groups in total. The minimum absolute atomic E-state index is 0.0287. The molecule has 0 bridgehead atoms. The van der Waals surface area contributed by atoms with Gasteiger partial charge in [0.1, 0.15) is 0 Å². The Morgan fingerprint density at radius 3 is 2.70 bits per heavy atom. The summed E-state index contributed by atoms with van der Waals surface area (Å²) in [6, 6.07) is 0.314. The van der Waals surface area contributed by atoms with E-state index in [4.69, 9.17) is 0 Å². The minimum atomic E-state index is 0.0287. The zero-order valence-electron chi connectivity index (χ0n) is 6.98. The van der Waals surface area contributed by atoms with E-state index >= 15 is 0 Å². The molecule has 0 aromatic carbocycles. The van der Waals surface area contributed by atoms with Crippen LogP contribution in [0.25, 0.3) is 0 Å². The van der Waals surface area contributed by atoms with Gasteiger partial charge in [-0.3, -0.25) is 4.79 Å². The molecule has 0 spiro atoms. The van der Waals surface area contributed by atoms with Crippen molar-refractivity contribution in [1.82, 2.24) is 5.32 Å². The highest BCUT2D eigenvalue weighted by atomic mass is 16.1. The van der Waals surface area contributed by atoms with Gasteiger partial charge in [0.2, 0.25) is 5.91 Å². The van der Waals surface area contributed by atoms with E-state index in [1.807, 2.05) is 6.92 Å². The van der Waals surface area contributed by atoms with Crippen molar-refractivity contribution in [3.05, 3.63) is 6.42 Å². The van der Waals surface area contributed by atoms with Gasteiger partial charge in [0.05, 0.1) is 0 Å². The lowest BCUT2D eigenvalue weighted by molar-refractivity contribution is -0.118. The Hall–Kier alpha value is -0.530. The molecule has 1 radical (unpaired) electrons. The lowest BCUT2D eigenvalue weighted by atomic mass is 10.2. The van der Waals surface area contributed by atoms with Gasteiger partial charge in [0.15, 0.2) is 0 Å². The fourth-order valence-corrected chi connectivity index (χ4v) is 0.831. The van der Waals surface area contributed by atoms with Crippen LogP contribution in [0.5, 0.6) is 0 Å². The monoisotopic (exact) mass is 142 g/mol. The number of carbonyl (C=O) groups is 1. The molecule has 0 heterocycles. The maximum absolute atomic E-state index is 10.7. The maximum Gasteiger partial charge on any atom is 0.223 e. The van der Waals surface area contributed by atoms with E-state index in [9.17, 15) is 4.79 Å². The summed E-state index contributed by atoms with van der Waals surface area (Å²) >= 11 is 0. The van der Waals surface area contributed by atoms with Gasteiger partial charge in [-0.1, -0.05) is 20.3 Å². The summed E-state index contributed by atoms with van der Waals surface area (Å²) in [7, 11) is 0. The predicted molar refractivity (Wildman–Crippen MR) is 42.5 cm³/mol. The van der Waals surface area contributed by atoms with E-state index in [-0.39, 0.29) is 5.91 Å². The average Bonchev–Trinajstić information content (AvgIpc) is 1.88. The zero-order chi connectivity index (χ0) is 7.98. The van der Waals surface area contributed by atoms with Gasteiger partial charge in [0.25, 0.3) is 0 Å². The number of hydrogen-bond acceptors (Lipinski definition) is 1. The number of hydrogen-bond donors (Lipinski definition) is 1. The summed E-state index contributed by atoms with van der Waals surface area (Å²) in [6.07, 6.45) is 3.72. The summed E-state index contributed by atoms with van der Waals surface area (Å²) < 4.78 is 0. The molecule has 0 fully saturated rings. The molecule has 2 heteroatoms. The van der Waals surface area contributed by atoms with E-state index in [1.165, 1.54) is 0 Å². The Morgan fingerprint density at radius 2 is 2.30 bits per heavy atom. The fourth-order valence-electron chi connectivity index (χ4n) is 0.831. The molecule has 0 saturated carbocycles. The highest BCUT2D eigenvalue weighted by Gasteiger charge is 2.02. The summed E-state index contributed by atoms with van der Waals surface area (Å²) in [5.74, 6) is 0.0287. The van der Waals surface area contributed by atoms with Crippen molar-refractivity contribution >= 4 is 5.91 Å². The van der Waals surface area contributed by atoms with Crippen LogP contribution >= 0.6 is 0 Å². The second-order valence-electron chi connectivity index (χ2n) is 2.49. The molecule has 0 aromatic heterocycles. The van der Waals surface area contributed by atoms with Crippen LogP contribution in [0.2, 0.25) is 0 Å². The lowest BCUT2D eigenvalue weighted by Gasteiger charge is -2.10. The van der Waals surface area contributed by atoms with Gasteiger partial charge < -0.3 is 5.32 Å². The number of nitrogens with one attached hydrogen (secondary N) is 1. The molecule has 2 nitrogen and oxygen atoms in total. The lowest BCUT2D eigenvalue weighted by Crippen LogP contribution is -2.31. The van der Waals surface area contributed by atoms with Crippen LogP contribution < -0.4 is 5.32 Å². The molecule has 0 aromatic rings.